The highest BCUT2D eigenvalue weighted by molar-refractivity contribution is 5.91. The fourth-order valence-electron chi connectivity index (χ4n) is 3.98. The molecule has 1 fully saturated rings. The van der Waals surface area contributed by atoms with Gasteiger partial charge in [-0.05, 0) is 32.6 Å². The molecule has 0 N–H and O–H groups in total. The van der Waals surface area contributed by atoms with Gasteiger partial charge in [0.2, 0.25) is 0 Å². The molecule has 17 heavy (non-hydrogen) atoms. The van der Waals surface area contributed by atoms with E-state index in [1.807, 2.05) is 0 Å². The maximum atomic E-state index is 5.81. The van der Waals surface area contributed by atoms with Crippen LogP contribution < -0.4 is 0 Å². The molecule has 0 spiro atoms. The minimum Gasteiger partial charge on any atom is -0.481 e. The van der Waals surface area contributed by atoms with Gasteiger partial charge in [-0.15, -0.1) is 0 Å². The summed E-state index contributed by atoms with van der Waals surface area (Å²) < 4.78 is 5.81. The summed E-state index contributed by atoms with van der Waals surface area (Å²) in [5, 5.41) is 0. The third-order valence-electron chi connectivity index (χ3n) is 4.93. The number of hydrogen-bond acceptors (Lipinski definition) is 2. The lowest BCUT2D eigenvalue weighted by Crippen LogP contribution is -2.62. The van der Waals surface area contributed by atoms with Crippen molar-refractivity contribution in [3.05, 3.63) is 12.2 Å². The van der Waals surface area contributed by atoms with Crippen molar-refractivity contribution in [1.82, 2.24) is 0 Å². The summed E-state index contributed by atoms with van der Waals surface area (Å²) in [6.45, 7) is 2.83. The van der Waals surface area contributed by atoms with Crippen molar-refractivity contribution in [3.8, 4) is 0 Å². The van der Waals surface area contributed by atoms with E-state index >= 15 is 0 Å². The van der Waals surface area contributed by atoms with Crippen LogP contribution in [0, 0.1) is 5.41 Å². The first-order valence-electron chi connectivity index (χ1n) is 7.21. The SMILES string of the molecule is CCOC1=N[C@]23CC=CC[C@@]12CCCCCC3. The van der Waals surface area contributed by atoms with Gasteiger partial charge in [-0.25, -0.2) is 4.99 Å². The van der Waals surface area contributed by atoms with Crippen LogP contribution in [0.2, 0.25) is 0 Å². The van der Waals surface area contributed by atoms with Gasteiger partial charge < -0.3 is 4.74 Å². The summed E-state index contributed by atoms with van der Waals surface area (Å²) in [7, 11) is 0. The lowest BCUT2D eigenvalue weighted by molar-refractivity contribution is 0.0677. The second-order valence-corrected chi connectivity index (χ2v) is 5.76. The Morgan fingerprint density at radius 2 is 1.88 bits per heavy atom. The zero-order valence-electron chi connectivity index (χ0n) is 10.9. The molecule has 1 saturated carbocycles. The number of allylic oxidation sites excluding steroid dienone is 1. The topological polar surface area (TPSA) is 21.6 Å². The van der Waals surface area contributed by atoms with Crippen LogP contribution in [0.3, 0.4) is 0 Å². The fourth-order valence-corrected chi connectivity index (χ4v) is 3.98. The van der Waals surface area contributed by atoms with Crippen LogP contribution in [0.25, 0.3) is 0 Å². The third kappa shape index (κ3) is 1.49. The highest BCUT2D eigenvalue weighted by Gasteiger charge is 2.62. The van der Waals surface area contributed by atoms with Gasteiger partial charge in [0.15, 0.2) is 5.90 Å². The Kier molecular flexibility index (Phi) is 2.76. The van der Waals surface area contributed by atoms with Crippen LogP contribution in [0.15, 0.2) is 17.1 Å². The van der Waals surface area contributed by atoms with Crippen molar-refractivity contribution in [2.24, 2.45) is 10.4 Å². The highest BCUT2D eigenvalue weighted by atomic mass is 16.5. The van der Waals surface area contributed by atoms with Crippen LogP contribution in [0.4, 0.5) is 0 Å². The van der Waals surface area contributed by atoms with Crippen LogP contribution in [-0.4, -0.2) is 18.0 Å². The monoisotopic (exact) mass is 233 g/mol. The van der Waals surface area contributed by atoms with E-state index in [1.165, 1.54) is 38.5 Å². The lowest BCUT2D eigenvalue weighted by Gasteiger charge is -2.57. The van der Waals surface area contributed by atoms with Gasteiger partial charge >= 0.3 is 0 Å². The molecular formula is C15H23NO. The Balaban J connectivity index is 1.94. The van der Waals surface area contributed by atoms with Crippen molar-refractivity contribution >= 4 is 5.90 Å². The molecule has 0 bridgehead atoms. The number of rotatable bonds is 1. The largest absolute Gasteiger partial charge is 0.481 e. The highest BCUT2D eigenvalue weighted by Crippen LogP contribution is 2.58. The molecule has 2 nitrogen and oxygen atoms in total. The molecule has 0 aromatic rings. The average molecular weight is 233 g/mol. The van der Waals surface area contributed by atoms with E-state index in [0.29, 0.717) is 0 Å². The summed E-state index contributed by atoms with van der Waals surface area (Å²) in [6, 6.07) is 0. The molecule has 0 radical (unpaired) electrons. The minimum absolute atomic E-state index is 0.215. The third-order valence-corrected chi connectivity index (χ3v) is 4.93. The zero-order valence-corrected chi connectivity index (χ0v) is 10.9. The Labute approximate surface area is 104 Å². The normalized spacial score (nSPS) is 40.2. The molecule has 0 aromatic carbocycles. The van der Waals surface area contributed by atoms with E-state index in [-0.39, 0.29) is 11.0 Å². The quantitative estimate of drug-likeness (QED) is 0.630. The van der Waals surface area contributed by atoms with Crippen LogP contribution in [0.5, 0.6) is 0 Å². The van der Waals surface area contributed by atoms with Gasteiger partial charge in [0.25, 0.3) is 0 Å². The van der Waals surface area contributed by atoms with Crippen molar-refractivity contribution in [2.45, 2.75) is 63.8 Å². The first-order valence-corrected chi connectivity index (χ1v) is 7.21. The summed E-state index contributed by atoms with van der Waals surface area (Å²) in [4.78, 5) is 4.92. The Hall–Kier alpha value is -0.790. The van der Waals surface area contributed by atoms with Gasteiger partial charge in [0.05, 0.1) is 17.6 Å². The van der Waals surface area contributed by atoms with Crippen molar-refractivity contribution in [2.75, 3.05) is 6.61 Å². The molecule has 94 valence electrons. The van der Waals surface area contributed by atoms with Crippen molar-refractivity contribution in [1.29, 1.82) is 0 Å². The predicted octanol–water partition coefficient (Wildman–Crippen LogP) is 3.86. The number of hydrogen-bond donors (Lipinski definition) is 0. The van der Waals surface area contributed by atoms with E-state index in [2.05, 4.69) is 19.1 Å². The Morgan fingerprint density at radius 3 is 2.71 bits per heavy atom. The summed E-state index contributed by atoms with van der Waals surface area (Å²) in [6.07, 6.45) is 15.0. The molecule has 0 amide bonds. The number of aliphatic imine (C=N–C) groups is 1. The first kappa shape index (κ1) is 11.3. The Morgan fingerprint density at radius 1 is 1.12 bits per heavy atom. The number of ether oxygens (including phenoxy) is 1. The molecule has 2 aliphatic carbocycles. The van der Waals surface area contributed by atoms with E-state index in [4.69, 9.17) is 9.73 Å². The molecule has 3 aliphatic rings. The van der Waals surface area contributed by atoms with Gasteiger partial charge in [0.1, 0.15) is 0 Å². The fraction of sp³-hybridized carbons (Fsp3) is 0.800. The summed E-state index contributed by atoms with van der Waals surface area (Å²) in [5.74, 6) is 1.08. The average Bonchev–Trinajstić information content (AvgIpc) is 2.30. The lowest BCUT2D eigenvalue weighted by atomic mass is 9.54. The van der Waals surface area contributed by atoms with Crippen LogP contribution in [-0.2, 0) is 4.74 Å². The van der Waals surface area contributed by atoms with Gasteiger partial charge in [-0.2, -0.15) is 0 Å². The molecule has 0 saturated heterocycles. The Bertz CT molecular complexity index is 360. The standard InChI is InChI=1S/C15H23NO/c1-2-17-13-14-9-5-3-4-6-11-15(14,16-13)12-8-7-10-14/h7-8H,2-6,9-12H2,1H3/t14-,15+/m0/s1. The van der Waals surface area contributed by atoms with Crippen LogP contribution >= 0.6 is 0 Å². The second kappa shape index (κ2) is 4.15. The van der Waals surface area contributed by atoms with E-state index < -0.39 is 0 Å². The van der Waals surface area contributed by atoms with E-state index in [0.717, 1.165) is 25.3 Å². The predicted molar refractivity (Wildman–Crippen MR) is 70.3 cm³/mol. The summed E-state index contributed by atoms with van der Waals surface area (Å²) in [5.41, 5.74) is 0.491. The molecule has 2 atom stereocenters. The maximum Gasteiger partial charge on any atom is 0.193 e. The van der Waals surface area contributed by atoms with Gasteiger partial charge in [-0.1, -0.05) is 37.8 Å². The van der Waals surface area contributed by atoms with Crippen molar-refractivity contribution < 1.29 is 4.74 Å². The zero-order chi connectivity index (χ0) is 11.8. The second-order valence-electron chi connectivity index (χ2n) is 5.76. The molecule has 1 aliphatic heterocycles. The maximum absolute atomic E-state index is 5.81. The molecular weight excluding hydrogens is 210 g/mol. The number of nitrogens with zero attached hydrogens (tertiary/aromatic N) is 1. The molecule has 1 heterocycles. The smallest absolute Gasteiger partial charge is 0.193 e. The first-order chi connectivity index (χ1) is 8.33. The molecule has 0 aromatic heterocycles. The van der Waals surface area contributed by atoms with Crippen molar-refractivity contribution in [3.63, 3.8) is 0 Å². The molecule has 3 rings (SSSR count). The van der Waals surface area contributed by atoms with E-state index in [1.54, 1.807) is 0 Å². The minimum atomic E-state index is 0.215. The van der Waals surface area contributed by atoms with E-state index in [9.17, 15) is 0 Å². The molecule has 0 unspecified atom stereocenters. The van der Waals surface area contributed by atoms with Gasteiger partial charge in [0, 0.05) is 0 Å². The summed E-state index contributed by atoms with van der Waals surface area (Å²) >= 11 is 0. The molecule has 2 heteroatoms. The van der Waals surface area contributed by atoms with Gasteiger partial charge in [-0.3, -0.25) is 0 Å². The van der Waals surface area contributed by atoms with Crippen LogP contribution in [0.1, 0.15) is 58.3 Å².